The molecule has 0 saturated heterocycles. The largest absolute Gasteiger partial charge is 0.489 e. The van der Waals surface area contributed by atoms with E-state index in [1.807, 2.05) is 48.5 Å². The van der Waals surface area contributed by atoms with Gasteiger partial charge in [-0.2, -0.15) is 4.98 Å². The number of aromatic nitrogens is 2. The highest BCUT2D eigenvalue weighted by Gasteiger charge is 2.14. The molecule has 4 rings (SSSR count). The maximum Gasteiger partial charge on any atom is 0.258 e. The number of nitrogens with zero attached hydrogens (tertiary/aromatic N) is 2. The minimum Gasteiger partial charge on any atom is -0.489 e. The van der Waals surface area contributed by atoms with Crippen LogP contribution in [0.5, 0.6) is 5.75 Å². The molecule has 4 aromatic rings. The van der Waals surface area contributed by atoms with E-state index in [0.29, 0.717) is 33.9 Å². The summed E-state index contributed by atoms with van der Waals surface area (Å²) in [5.41, 5.74) is 2.46. The molecule has 1 aromatic heterocycles. The Labute approximate surface area is 180 Å². The van der Waals surface area contributed by atoms with Crippen LogP contribution in [0.3, 0.4) is 0 Å². The summed E-state index contributed by atoms with van der Waals surface area (Å²) in [6.45, 7) is 0.430. The fourth-order valence-corrected chi connectivity index (χ4v) is 3.37. The number of benzene rings is 3. The SMILES string of the molecule is Clc1ccc(-c2noc(-c3cccc(COc4ccc(Br)cc4)c3)n2)c(Cl)c1. The Morgan fingerprint density at radius 3 is 2.57 bits per heavy atom. The van der Waals surface area contributed by atoms with Crippen LogP contribution in [0.4, 0.5) is 0 Å². The average molecular weight is 476 g/mol. The Bertz CT molecular complexity index is 1110. The number of hydrogen-bond acceptors (Lipinski definition) is 4. The molecule has 3 aromatic carbocycles. The minimum absolute atomic E-state index is 0.409. The molecule has 0 saturated carbocycles. The third kappa shape index (κ3) is 4.38. The first-order valence-electron chi connectivity index (χ1n) is 8.35. The van der Waals surface area contributed by atoms with Gasteiger partial charge in [-0.1, -0.05) is 56.4 Å². The molecule has 0 unspecified atom stereocenters. The third-order valence-corrected chi connectivity index (χ3v) is 5.07. The van der Waals surface area contributed by atoms with Gasteiger partial charge in [0.05, 0.1) is 5.02 Å². The maximum absolute atomic E-state index is 6.23. The van der Waals surface area contributed by atoms with Crippen molar-refractivity contribution in [2.24, 2.45) is 0 Å². The van der Waals surface area contributed by atoms with E-state index < -0.39 is 0 Å². The second-order valence-corrected chi connectivity index (χ2v) is 7.75. The Morgan fingerprint density at radius 2 is 1.79 bits per heavy atom. The first kappa shape index (κ1) is 19.0. The fraction of sp³-hybridized carbons (Fsp3) is 0.0476. The van der Waals surface area contributed by atoms with Crippen LogP contribution in [0, 0.1) is 0 Å². The summed E-state index contributed by atoms with van der Waals surface area (Å²) < 4.78 is 12.3. The molecule has 0 atom stereocenters. The van der Waals surface area contributed by atoms with Gasteiger partial charge in [0.15, 0.2) is 0 Å². The lowest BCUT2D eigenvalue weighted by Gasteiger charge is -2.07. The highest BCUT2D eigenvalue weighted by atomic mass is 79.9. The van der Waals surface area contributed by atoms with Gasteiger partial charge in [-0.15, -0.1) is 0 Å². The molecule has 140 valence electrons. The topological polar surface area (TPSA) is 48.2 Å². The quantitative estimate of drug-likeness (QED) is 0.310. The molecule has 0 N–H and O–H groups in total. The van der Waals surface area contributed by atoms with Crippen LogP contribution in [0.2, 0.25) is 10.0 Å². The number of halogens is 3. The number of hydrogen-bond donors (Lipinski definition) is 0. The lowest BCUT2D eigenvalue weighted by Crippen LogP contribution is -1.95. The van der Waals surface area contributed by atoms with Gasteiger partial charge in [-0.05, 0) is 60.2 Å². The molecule has 0 aliphatic heterocycles. The van der Waals surface area contributed by atoms with Gasteiger partial charge in [0.1, 0.15) is 12.4 Å². The van der Waals surface area contributed by atoms with E-state index >= 15 is 0 Å². The van der Waals surface area contributed by atoms with E-state index in [2.05, 4.69) is 26.1 Å². The molecule has 0 bridgehead atoms. The van der Waals surface area contributed by atoms with Crippen LogP contribution in [0.25, 0.3) is 22.8 Å². The zero-order chi connectivity index (χ0) is 19.5. The molecular weight excluding hydrogens is 463 g/mol. The van der Waals surface area contributed by atoms with Crippen molar-refractivity contribution in [3.8, 4) is 28.6 Å². The molecule has 7 heteroatoms. The van der Waals surface area contributed by atoms with E-state index in [1.54, 1.807) is 18.2 Å². The summed E-state index contributed by atoms with van der Waals surface area (Å²) in [7, 11) is 0. The van der Waals surface area contributed by atoms with E-state index in [1.165, 1.54) is 0 Å². The molecule has 1 heterocycles. The first-order chi connectivity index (χ1) is 13.6. The Kier molecular flexibility index (Phi) is 5.67. The summed E-state index contributed by atoms with van der Waals surface area (Å²) in [6.07, 6.45) is 0. The van der Waals surface area contributed by atoms with Crippen LogP contribution >= 0.6 is 39.1 Å². The predicted octanol–water partition coefficient (Wildman–Crippen LogP) is 7.05. The van der Waals surface area contributed by atoms with Crippen molar-refractivity contribution in [2.45, 2.75) is 6.61 Å². The highest BCUT2D eigenvalue weighted by molar-refractivity contribution is 9.10. The van der Waals surface area contributed by atoms with E-state index in [-0.39, 0.29) is 0 Å². The number of rotatable bonds is 5. The monoisotopic (exact) mass is 474 g/mol. The van der Waals surface area contributed by atoms with Crippen molar-refractivity contribution >= 4 is 39.1 Å². The van der Waals surface area contributed by atoms with Crippen molar-refractivity contribution in [3.05, 3.63) is 86.8 Å². The van der Waals surface area contributed by atoms with Crippen molar-refractivity contribution in [1.82, 2.24) is 10.1 Å². The lowest BCUT2D eigenvalue weighted by molar-refractivity contribution is 0.306. The van der Waals surface area contributed by atoms with Crippen molar-refractivity contribution in [3.63, 3.8) is 0 Å². The van der Waals surface area contributed by atoms with E-state index in [0.717, 1.165) is 21.3 Å². The van der Waals surface area contributed by atoms with E-state index in [9.17, 15) is 0 Å². The van der Waals surface area contributed by atoms with Gasteiger partial charge in [0, 0.05) is 20.6 Å². The van der Waals surface area contributed by atoms with Crippen molar-refractivity contribution in [1.29, 1.82) is 0 Å². The molecule has 4 nitrogen and oxygen atoms in total. The van der Waals surface area contributed by atoms with Crippen LogP contribution < -0.4 is 4.74 Å². The summed E-state index contributed by atoms with van der Waals surface area (Å²) >= 11 is 15.6. The maximum atomic E-state index is 6.23. The van der Waals surface area contributed by atoms with Gasteiger partial charge in [-0.25, -0.2) is 0 Å². The fourth-order valence-electron chi connectivity index (χ4n) is 2.61. The molecule has 0 fully saturated rings. The van der Waals surface area contributed by atoms with Gasteiger partial charge in [0.25, 0.3) is 5.89 Å². The molecular formula is C21H13BrCl2N2O2. The van der Waals surface area contributed by atoms with Crippen molar-refractivity contribution in [2.75, 3.05) is 0 Å². The molecule has 28 heavy (non-hydrogen) atoms. The molecule has 0 radical (unpaired) electrons. The summed E-state index contributed by atoms with van der Waals surface area (Å²) in [4.78, 5) is 4.46. The molecule has 0 amide bonds. The zero-order valence-corrected chi connectivity index (χ0v) is 17.5. The highest BCUT2D eigenvalue weighted by Crippen LogP contribution is 2.30. The Hall–Kier alpha value is -2.34. The Morgan fingerprint density at radius 1 is 0.964 bits per heavy atom. The second kappa shape index (κ2) is 8.35. The average Bonchev–Trinajstić information content (AvgIpc) is 3.18. The first-order valence-corrected chi connectivity index (χ1v) is 9.90. The molecule has 0 spiro atoms. The zero-order valence-electron chi connectivity index (χ0n) is 14.4. The normalized spacial score (nSPS) is 10.8. The van der Waals surface area contributed by atoms with Crippen molar-refractivity contribution < 1.29 is 9.26 Å². The van der Waals surface area contributed by atoms with Gasteiger partial charge in [-0.3, -0.25) is 0 Å². The predicted molar refractivity (Wildman–Crippen MR) is 114 cm³/mol. The minimum atomic E-state index is 0.409. The van der Waals surface area contributed by atoms with Crippen LogP contribution in [0.1, 0.15) is 5.56 Å². The second-order valence-electron chi connectivity index (χ2n) is 5.99. The third-order valence-electron chi connectivity index (χ3n) is 3.99. The van der Waals surface area contributed by atoms with Gasteiger partial charge < -0.3 is 9.26 Å². The van der Waals surface area contributed by atoms with E-state index in [4.69, 9.17) is 32.5 Å². The van der Waals surface area contributed by atoms with Gasteiger partial charge >= 0.3 is 0 Å². The molecule has 0 aliphatic carbocycles. The van der Waals surface area contributed by atoms with Crippen LogP contribution in [-0.2, 0) is 6.61 Å². The Balaban J connectivity index is 1.53. The van der Waals surface area contributed by atoms with Gasteiger partial charge in [0.2, 0.25) is 5.82 Å². The van der Waals surface area contributed by atoms with Crippen LogP contribution in [0.15, 0.2) is 75.7 Å². The molecule has 0 aliphatic rings. The summed E-state index contributed by atoms with van der Waals surface area (Å²) in [6, 6.07) is 20.6. The standard InChI is InChI=1S/C21H13BrCl2N2O2/c22-15-4-7-17(8-5-15)27-12-13-2-1-3-14(10-13)21-25-20(26-28-21)18-9-6-16(23)11-19(18)24/h1-11H,12H2. The summed E-state index contributed by atoms with van der Waals surface area (Å²) in [5.74, 6) is 1.62. The lowest BCUT2D eigenvalue weighted by atomic mass is 10.1. The summed E-state index contributed by atoms with van der Waals surface area (Å²) in [5, 5.41) is 5.06. The smallest absolute Gasteiger partial charge is 0.258 e. The van der Waals surface area contributed by atoms with Crippen LogP contribution in [-0.4, -0.2) is 10.1 Å². The number of ether oxygens (including phenoxy) is 1.